The Morgan fingerprint density at radius 3 is 2.09 bits per heavy atom. The lowest BCUT2D eigenvalue weighted by Gasteiger charge is -2.29. The molecular formula is C46H60N4O6. The third-order valence-corrected chi connectivity index (χ3v) is 10.7. The van der Waals surface area contributed by atoms with Crippen molar-refractivity contribution >= 4 is 56.5 Å². The number of aromatic amines is 2. The molecular weight excluding hydrogens is 705 g/mol. The third-order valence-electron chi connectivity index (χ3n) is 10.7. The number of nitrogens with zero attached hydrogens (tertiary/aromatic N) is 2. The molecule has 300 valence electrons. The van der Waals surface area contributed by atoms with Gasteiger partial charge in [0.25, 0.3) is 0 Å². The number of rotatable bonds is 13. The van der Waals surface area contributed by atoms with Crippen LogP contribution in [0.2, 0.25) is 0 Å². The summed E-state index contributed by atoms with van der Waals surface area (Å²) in [5.41, 5.74) is 10.9. The van der Waals surface area contributed by atoms with Crippen LogP contribution in [0.25, 0.3) is 33.0 Å². The summed E-state index contributed by atoms with van der Waals surface area (Å²) in [6.07, 6.45) is 13.4. The Hall–Kier alpha value is -5.06. The van der Waals surface area contributed by atoms with Crippen molar-refractivity contribution in [1.82, 2.24) is 19.8 Å². The summed E-state index contributed by atoms with van der Waals surface area (Å²) in [6, 6.07) is 13.1. The summed E-state index contributed by atoms with van der Waals surface area (Å²) in [4.78, 5) is 55.3. The van der Waals surface area contributed by atoms with Gasteiger partial charge in [0, 0.05) is 114 Å². The summed E-state index contributed by atoms with van der Waals surface area (Å²) >= 11 is 0. The molecule has 1 unspecified atom stereocenters. The van der Waals surface area contributed by atoms with Crippen LogP contribution in [0.4, 0.5) is 0 Å². The topological polar surface area (TPSA) is 147 Å². The molecule has 6 rings (SSSR count). The van der Waals surface area contributed by atoms with Gasteiger partial charge in [0.05, 0.1) is 0 Å². The number of nitrogens with one attached hydrogen (secondary N) is 2. The van der Waals surface area contributed by atoms with Crippen molar-refractivity contribution in [2.75, 3.05) is 32.7 Å². The second kappa shape index (κ2) is 20.7. The molecule has 10 nitrogen and oxygen atoms in total. The van der Waals surface area contributed by atoms with Gasteiger partial charge in [-0.15, -0.1) is 0 Å². The first-order chi connectivity index (χ1) is 26.8. The molecule has 0 spiro atoms. The molecule has 10 heteroatoms. The molecule has 0 bridgehead atoms. The Labute approximate surface area is 331 Å². The number of aryl methyl sites for hydroxylation is 1. The minimum absolute atomic E-state index is 0.0782. The SMILES string of the molecule is CCC(C)C(=O)c1ccc2[nH]c(C)c(C3=CCN(C(C)C)CC3)c2c1.CCCN1CC=C(c2c[nH]c3ccc(CC(=O)CC)cc23)CC1.O=C(O)/C=C/C(=O)O. The lowest BCUT2D eigenvalue weighted by atomic mass is 9.93. The van der Waals surface area contributed by atoms with Crippen LogP contribution in [0.5, 0.6) is 0 Å². The predicted octanol–water partition coefficient (Wildman–Crippen LogP) is 9.10. The van der Waals surface area contributed by atoms with Crippen molar-refractivity contribution in [2.45, 2.75) is 93.0 Å². The fourth-order valence-electron chi connectivity index (χ4n) is 7.26. The van der Waals surface area contributed by atoms with Gasteiger partial charge >= 0.3 is 11.9 Å². The summed E-state index contributed by atoms with van der Waals surface area (Å²) in [7, 11) is 0. The van der Waals surface area contributed by atoms with Gasteiger partial charge in [0.15, 0.2) is 5.78 Å². The maximum absolute atomic E-state index is 12.6. The van der Waals surface area contributed by atoms with E-state index >= 15 is 0 Å². The van der Waals surface area contributed by atoms with Gasteiger partial charge in [-0.05, 0) is 100 Å². The number of hydrogen-bond donors (Lipinski definition) is 4. The average Bonchev–Trinajstić information content (AvgIpc) is 3.76. The molecule has 2 aromatic heterocycles. The van der Waals surface area contributed by atoms with Gasteiger partial charge in [0.2, 0.25) is 0 Å². The molecule has 0 amide bonds. The number of carbonyl (C=O) groups is 4. The number of Topliss-reactive ketones (excluding diaryl/α,β-unsaturated/α-hetero) is 2. The van der Waals surface area contributed by atoms with Crippen molar-refractivity contribution in [2.24, 2.45) is 5.92 Å². The van der Waals surface area contributed by atoms with Crippen molar-refractivity contribution in [3.63, 3.8) is 0 Å². The van der Waals surface area contributed by atoms with E-state index in [1.54, 1.807) is 0 Å². The fourth-order valence-corrected chi connectivity index (χ4v) is 7.26. The van der Waals surface area contributed by atoms with Crippen LogP contribution in [0.1, 0.15) is 106 Å². The zero-order valence-corrected chi connectivity index (χ0v) is 34.2. The van der Waals surface area contributed by atoms with E-state index in [4.69, 9.17) is 10.2 Å². The van der Waals surface area contributed by atoms with E-state index < -0.39 is 11.9 Å². The second-order valence-electron chi connectivity index (χ2n) is 15.1. The Morgan fingerprint density at radius 2 is 1.52 bits per heavy atom. The van der Waals surface area contributed by atoms with Gasteiger partial charge in [-0.1, -0.05) is 45.9 Å². The maximum atomic E-state index is 12.6. The van der Waals surface area contributed by atoms with Crippen molar-refractivity contribution in [1.29, 1.82) is 0 Å². The van der Waals surface area contributed by atoms with Gasteiger partial charge in [-0.2, -0.15) is 0 Å². The number of fused-ring (bicyclic) bond motifs is 2. The van der Waals surface area contributed by atoms with Crippen LogP contribution in [-0.4, -0.2) is 92.3 Å². The fraction of sp³-hybridized carbons (Fsp3) is 0.435. The van der Waals surface area contributed by atoms with Crippen LogP contribution in [0, 0.1) is 12.8 Å². The van der Waals surface area contributed by atoms with Crippen molar-refractivity contribution in [3.05, 3.63) is 94.8 Å². The first kappa shape index (κ1) is 43.7. The van der Waals surface area contributed by atoms with Gasteiger partial charge < -0.3 is 20.2 Å². The molecule has 0 saturated carbocycles. The molecule has 2 aromatic carbocycles. The van der Waals surface area contributed by atoms with Crippen LogP contribution in [-0.2, 0) is 20.8 Å². The van der Waals surface area contributed by atoms with E-state index in [1.807, 2.05) is 19.9 Å². The third kappa shape index (κ3) is 11.7. The van der Waals surface area contributed by atoms with Crippen LogP contribution in [0.3, 0.4) is 0 Å². The number of hydrogen-bond acceptors (Lipinski definition) is 6. The van der Waals surface area contributed by atoms with Crippen molar-refractivity contribution < 1.29 is 29.4 Å². The summed E-state index contributed by atoms with van der Waals surface area (Å²) in [5, 5.41) is 18.1. The number of aliphatic carboxylic acids is 2. The second-order valence-corrected chi connectivity index (χ2v) is 15.1. The zero-order valence-electron chi connectivity index (χ0n) is 34.2. The average molecular weight is 765 g/mol. The molecule has 2 aliphatic heterocycles. The molecule has 0 fully saturated rings. The largest absolute Gasteiger partial charge is 0.478 e. The standard InChI is InChI=1S/C22H30N2O.C20H26N2O.C4H4O4/c1-6-15(4)22(25)18-7-8-20-19(13-18)21(16(5)23-20)17-9-11-24(12-10-17)14(2)3;1-3-9-22-10-7-16(8-11-22)19-14-21-20-6-5-15(13-18(19)20)12-17(23)4-2;5-3(6)1-2-4(7)8/h7-9,13-15,23H,6,10-12H2,1-5H3;5-7,13-14,21H,3-4,8-12H2,1-2H3;1-2H,(H,5,6)(H,7,8)/b;;2-1+. The van der Waals surface area contributed by atoms with Gasteiger partial charge in [0.1, 0.15) is 5.78 Å². The van der Waals surface area contributed by atoms with Crippen molar-refractivity contribution in [3.8, 4) is 0 Å². The Kier molecular flexibility index (Phi) is 16.2. The monoisotopic (exact) mass is 764 g/mol. The maximum Gasteiger partial charge on any atom is 0.328 e. The highest BCUT2D eigenvalue weighted by Gasteiger charge is 2.21. The normalized spacial score (nSPS) is 15.5. The molecule has 2 aliphatic rings. The molecule has 1 atom stereocenters. The summed E-state index contributed by atoms with van der Waals surface area (Å²) < 4.78 is 0. The quantitative estimate of drug-likeness (QED) is 0.0779. The van der Waals surface area contributed by atoms with E-state index in [-0.39, 0.29) is 11.7 Å². The van der Waals surface area contributed by atoms with E-state index in [0.717, 1.165) is 67.6 Å². The Morgan fingerprint density at radius 1 is 0.839 bits per heavy atom. The first-order valence-corrected chi connectivity index (χ1v) is 20.0. The minimum atomic E-state index is -1.26. The number of aromatic nitrogens is 2. The van der Waals surface area contributed by atoms with Crippen LogP contribution in [0.15, 0.2) is 66.9 Å². The predicted molar refractivity (Wildman–Crippen MR) is 227 cm³/mol. The highest BCUT2D eigenvalue weighted by Crippen LogP contribution is 2.34. The number of carboxylic acids is 2. The minimum Gasteiger partial charge on any atom is -0.478 e. The molecule has 4 aromatic rings. The molecule has 0 radical (unpaired) electrons. The molecule has 4 heterocycles. The molecule has 4 N–H and O–H groups in total. The van der Waals surface area contributed by atoms with E-state index in [9.17, 15) is 19.2 Å². The lowest BCUT2D eigenvalue weighted by Crippen LogP contribution is -2.34. The van der Waals surface area contributed by atoms with E-state index in [1.165, 1.54) is 51.7 Å². The Balaban J connectivity index is 0.000000209. The van der Waals surface area contributed by atoms with Crippen LogP contribution >= 0.6 is 0 Å². The summed E-state index contributed by atoms with van der Waals surface area (Å²) in [6.45, 7) is 20.4. The molecule has 56 heavy (non-hydrogen) atoms. The lowest BCUT2D eigenvalue weighted by molar-refractivity contribution is -0.134. The molecule has 0 aliphatic carbocycles. The summed E-state index contributed by atoms with van der Waals surface area (Å²) in [5.74, 6) is -1.89. The highest BCUT2D eigenvalue weighted by molar-refractivity contribution is 6.03. The number of ketones is 2. The van der Waals surface area contributed by atoms with Crippen LogP contribution < -0.4 is 0 Å². The Bertz CT molecular complexity index is 2080. The smallest absolute Gasteiger partial charge is 0.328 e. The highest BCUT2D eigenvalue weighted by atomic mass is 16.4. The number of benzene rings is 2. The van der Waals surface area contributed by atoms with E-state index in [0.29, 0.717) is 36.8 Å². The molecule has 0 saturated heterocycles. The first-order valence-electron chi connectivity index (χ1n) is 20.0. The number of carboxylic acid groups (broad SMARTS) is 2. The number of carbonyl (C=O) groups excluding carboxylic acids is 2. The van der Waals surface area contributed by atoms with Gasteiger partial charge in [-0.3, -0.25) is 19.4 Å². The van der Waals surface area contributed by atoms with Gasteiger partial charge in [-0.25, -0.2) is 9.59 Å². The zero-order chi connectivity index (χ0) is 40.9. The van der Waals surface area contributed by atoms with E-state index in [2.05, 4.69) is 103 Å². The number of H-pyrrole nitrogens is 2.